The molecule has 0 bridgehead atoms. The first kappa shape index (κ1) is 17.9. The first-order chi connectivity index (χ1) is 12.0. The van der Waals surface area contributed by atoms with Gasteiger partial charge < -0.3 is 14.8 Å². The molecule has 134 valence electrons. The molecule has 2 aliphatic rings. The lowest BCUT2D eigenvalue weighted by molar-refractivity contribution is -0.116. The number of carbonyl (C=O) groups is 1. The van der Waals surface area contributed by atoms with Gasteiger partial charge >= 0.3 is 0 Å². The van der Waals surface area contributed by atoms with E-state index in [1.807, 2.05) is 13.0 Å². The normalized spacial score (nSPS) is 20.6. The highest BCUT2D eigenvalue weighted by Crippen LogP contribution is 2.33. The molecule has 1 aromatic heterocycles. The number of nitrogens with one attached hydrogen (secondary N) is 1. The summed E-state index contributed by atoms with van der Waals surface area (Å²) in [6.45, 7) is 6.76. The van der Waals surface area contributed by atoms with Crippen molar-refractivity contribution in [3.8, 4) is 5.88 Å². The SMILES string of the molecule is COc1cc(C)c(CS/C2=C(/C)CCC3=C(CCO3)C(=O)N2)c(C)n1. The van der Waals surface area contributed by atoms with Gasteiger partial charge in [-0.2, -0.15) is 0 Å². The van der Waals surface area contributed by atoms with Crippen molar-refractivity contribution in [1.82, 2.24) is 10.3 Å². The molecule has 6 heteroatoms. The molecule has 1 aromatic rings. The van der Waals surface area contributed by atoms with E-state index in [1.54, 1.807) is 18.9 Å². The molecule has 0 fully saturated rings. The van der Waals surface area contributed by atoms with E-state index in [0.717, 1.165) is 46.2 Å². The van der Waals surface area contributed by atoms with Crippen LogP contribution in [0, 0.1) is 13.8 Å². The van der Waals surface area contributed by atoms with E-state index in [4.69, 9.17) is 9.47 Å². The van der Waals surface area contributed by atoms with Crippen LogP contribution in [0.5, 0.6) is 5.88 Å². The van der Waals surface area contributed by atoms with Gasteiger partial charge in [-0.3, -0.25) is 4.79 Å². The molecule has 1 amide bonds. The van der Waals surface area contributed by atoms with Gasteiger partial charge in [0.1, 0.15) is 5.76 Å². The Morgan fingerprint density at radius 1 is 1.28 bits per heavy atom. The Hall–Kier alpha value is -1.95. The van der Waals surface area contributed by atoms with Gasteiger partial charge in [-0.1, -0.05) is 0 Å². The number of amides is 1. The molecular weight excluding hydrogens is 336 g/mol. The quantitative estimate of drug-likeness (QED) is 0.886. The van der Waals surface area contributed by atoms with Crippen LogP contribution in [0.4, 0.5) is 0 Å². The van der Waals surface area contributed by atoms with Crippen molar-refractivity contribution in [2.75, 3.05) is 13.7 Å². The molecule has 0 aliphatic carbocycles. The molecule has 2 aliphatic heterocycles. The van der Waals surface area contributed by atoms with Crippen LogP contribution in [-0.4, -0.2) is 24.6 Å². The summed E-state index contributed by atoms with van der Waals surface area (Å²) in [5, 5.41) is 4.05. The van der Waals surface area contributed by atoms with Gasteiger partial charge in [0, 0.05) is 30.4 Å². The number of nitrogens with zero attached hydrogens (tertiary/aromatic N) is 1. The van der Waals surface area contributed by atoms with E-state index in [2.05, 4.69) is 24.1 Å². The molecule has 0 saturated heterocycles. The molecule has 0 atom stereocenters. The molecule has 0 unspecified atom stereocenters. The lowest BCUT2D eigenvalue weighted by atomic mass is 10.1. The van der Waals surface area contributed by atoms with Crippen LogP contribution in [0.25, 0.3) is 0 Å². The van der Waals surface area contributed by atoms with Crippen LogP contribution in [0.1, 0.15) is 43.0 Å². The fourth-order valence-corrected chi connectivity index (χ4v) is 4.35. The highest BCUT2D eigenvalue weighted by molar-refractivity contribution is 8.02. The number of hydrogen-bond donors (Lipinski definition) is 1. The van der Waals surface area contributed by atoms with Gasteiger partial charge in [-0.05, 0) is 43.9 Å². The van der Waals surface area contributed by atoms with Crippen LogP contribution in [0.15, 0.2) is 28.0 Å². The number of carbonyl (C=O) groups excluding carboxylic acids is 1. The van der Waals surface area contributed by atoms with Crippen LogP contribution in [0.2, 0.25) is 0 Å². The third-order valence-electron chi connectivity index (χ3n) is 4.68. The zero-order valence-electron chi connectivity index (χ0n) is 15.2. The minimum Gasteiger partial charge on any atom is -0.497 e. The van der Waals surface area contributed by atoms with Crippen molar-refractivity contribution in [3.63, 3.8) is 0 Å². The second-order valence-corrected chi connectivity index (χ2v) is 7.38. The zero-order chi connectivity index (χ0) is 18.0. The van der Waals surface area contributed by atoms with Crippen molar-refractivity contribution >= 4 is 17.7 Å². The second-order valence-electron chi connectivity index (χ2n) is 6.40. The van der Waals surface area contributed by atoms with Gasteiger partial charge in [-0.15, -0.1) is 11.8 Å². The maximum atomic E-state index is 12.5. The lowest BCUT2D eigenvalue weighted by Crippen LogP contribution is -2.25. The largest absolute Gasteiger partial charge is 0.497 e. The van der Waals surface area contributed by atoms with E-state index < -0.39 is 0 Å². The Kier molecular flexibility index (Phi) is 5.37. The lowest BCUT2D eigenvalue weighted by Gasteiger charge is -2.18. The van der Waals surface area contributed by atoms with Crippen molar-refractivity contribution in [3.05, 3.63) is 44.8 Å². The summed E-state index contributed by atoms with van der Waals surface area (Å²) in [6, 6.07) is 1.95. The highest BCUT2D eigenvalue weighted by atomic mass is 32.2. The average molecular weight is 360 g/mol. The van der Waals surface area contributed by atoms with Crippen molar-refractivity contribution < 1.29 is 14.3 Å². The maximum absolute atomic E-state index is 12.5. The van der Waals surface area contributed by atoms with Crippen LogP contribution in [-0.2, 0) is 15.3 Å². The maximum Gasteiger partial charge on any atom is 0.255 e. The Morgan fingerprint density at radius 3 is 2.80 bits per heavy atom. The van der Waals surface area contributed by atoms with Crippen molar-refractivity contribution in [1.29, 1.82) is 0 Å². The third kappa shape index (κ3) is 3.84. The van der Waals surface area contributed by atoms with Crippen molar-refractivity contribution in [2.24, 2.45) is 0 Å². The summed E-state index contributed by atoms with van der Waals surface area (Å²) in [5.41, 5.74) is 5.31. The molecule has 25 heavy (non-hydrogen) atoms. The summed E-state index contributed by atoms with van der Waals surface area (Å²) in [7, 11) is 1.63. The predicted octanol–water partition coefficient (Wildman–Crippen LogP) is 3.76. The molecule has 3 heterocycles. The number of aromatic nitrogens is 1. The van der Waals surface area contributed by atoms with Crippen LogP contribution in [0.3, 0.4) is 0 Å². The van der Waals surface area contributed by atoms with Crippen LogP contribution >= 0.6 is 11.8 Å². The molecule has 5 nitrogen and oxygen atoms in total. The molecule has 1 N–H and O–H groups in total. The molecule has 0 radical (unpaired) electrons. The van der Waals surface area contributed by atoms with Gasteiger partial charge in [0.05, 0.1) is 24.3 Å². The Bertz CT molecular complexity index is 745. The molecule has 0 saturated carbocycles. The summed E-state index contributed by atoms with van der Waals surface area (Å²) < 4.78 is 10.8. The average Bonchev–Trinajstić information content (AvgIpc) is 3.04. The summed E-state index contributed by atoms with van der Waals surface area (Å²) in [4.78, 5) is 17.0. The molecule has 0 aromatic carbocycles. The molecular formula is C19H24N2O3S. The predicted molar refractivity (Wildman–Crippen MR) is 99.2 cm³/mol. The Labute approximate surface area is 152 Å². The van der Waals surface area contributed by atoms with E-state index in [9.17, 15) is 4.79 Å². The van der Waals surface area contributed by atoms with Gasteiger partial charge in [0.25, 0.3) is 5.91 Å². The number of rotatable bonds is 4. The highest BCUT2D eigenvalue weighted by Gasteiger charge is 2.25. The number of hydrogen-bond acceptors (Lipinski definition) is 5. The monoisotopic (exact) mass is 360 g/mol. The smallest absolute Gasteiger partial charge is 0.255 e. The van der Waals surface area contributed by atoms with E-state index >= 15 is 0 Å². The number of ether oxygens (including phenoxy) is 2. The van der Waals surface area contributed by atoms with Gasteiger partial charge in [-0.25, -0.2) is 4.98 Å². The fourth-order valence-electron chi connectivity index (χ4n) is 3.12. The first-order valence-electron chi connectivity index (χ1n) is 8.49. The molecule has 0 spiro atoms. The van der Waals surface area contributed by atoms with E-state index in [-0.39, 0.29) is 5.91 Å². The minimum absolute atomic E-state index is 0.0182. The first-order valence-corrected chi connectivity index (χ1v) is 9.48. The molecule has 3 rings (SSSR count). The number of aryl methyl sites for hydroxylation is 2. The minimum atomic E-state index is -0.0182. The number of pyridine rings is 1. The summed E-state index contributed by atoms with van der Waals surface area (Å²) >= 11 is 1.66. The summed E-state index contributed by atoms with van der Waals surface area (Å²) in [5.74, 6) is 2.26. The van der Waals surface area contributed by atoms with Crippen LogP contribution < -0.4 is 10.1 Å². The zero-order valence-corrected chi connectivity index (χ0v) is 16.0. The van der Waals surface area contributed by atoms with E-state index in [1.165, 1.54) is 11.1 Å². The van der Waals surface area contributed by atoms with Gasteiger partial charge in [0.2, 0.25) is 5.88 Å². The Balaban J connectivity index is 1.75. The van der Waals surface area contributed by atoms with Crippen molar-refractivity contribution in [2.45, 2.75) is 45.8 Å². The number of allylic oxidation sites excluding steroid dienone is 2. The summed E-state index contributed by atoms with van der Waals surface area (Å²) in [6.07, 6.45) is 2.42. The topological polar surface area (TPSA) is 60.5 Å². The number of thioether (sulfide) groups is 1. The Morgan fingerprint density at radius 2 is 2.08 bits per heavy atom. The standard InChI is InChI=1S/C19H24N2O3S/c1-11-5-6-16-14(7-8-24-16)18(22)21-19(11)25-10-15-12(2)9-17(23-4)20-13(15)3/h9H,5-8,10H2,1-4H3,(H,21,22)/b19-11-. The van der Waals surface area contributed by atoms with Gasteiger partial charge in [0.15, 0.2) is 0 Å². The van der Waals surface area contributed by atoms with E-state index in [0.29, 0.717) is 18.9 Å². The fraction of sp³-hybridized carbons (Fsp3) is 0.474. The second kappa shape index (κ2) is 7.52. The number of methoxy groups -OCH3 is 1. The third-order valence-corrected chi connectivity index (χ3v) is 5.85.